The van der Waals surface area contributed by atoms with Crippen molar-refractivity contribution in [2.24, 2.45) is 0 Å². The van der Waals surface area contributed by atoms with Crippen LogP contribution in [0.5, 0.6) is 5.75 Å². The van der Waals surface area contributed by atoms with Crippen LogP contribution in [-0.4, -0.2) is 5.97 Å². The van der Waals surface area contributed by atoms with E-state index in [-0.39, 0.29) is 5.97 Å². The molecular weight excluding hydrogens is 236 g/mol. The van der Waals surface area contributed by atoms with E-state index in [0.717, 1.165) is 11.1 Å². The molecule has 0 amide bonds. The van der Waals surface area contributed by atoms with E-state index in [9.17, 15) is 4.79 Å². The molecule has 0 spiro atoms. The molecule has 0 aromatic heterocycles. The van der Waals surface area contributed by atoms with E-state index < -0.39 is 0 Å². The van der Waals surface area contributed by atoms with Crippen molar-refractivity contribution in [1.82, 2.24) is 0 Å². The topological polar surface area (TPSA) is 26.3 Å². The smallest absolute Gasteiger partial charge is 0.343 e. The lowest BCUT2D eigenvalue weighted by molar-refractivity contribution is 0.0735. The van der Waals surface area contributed by atoms with Crippen LogP contribution in [0.3, 0.4) is 0 Å². The lowest BCUT2D eigenvalue weighted by atomic mass is 10.1. The minimum Gasteiger partial charge on any atom is -0.423 e. The number of benzene rings is 2. The number of hydrogen-bond acceptors (Lipinski definition) is 2. The monoisotopic (exact) mass is 250 g/mol. The number of hydrogen-bond donors (Lipinski definition) is 0. The molecule has 2 nitrogen and oxygen atoms in total. The van der Waals surface area contributed by atoms with Gasteiger partial charge in [-0.2, -0.15) is 0 Å². The van der Waals surface area contributed by atoms with Crippen LogP contribution in [0.15, 0.2) is 61.7 Å². The summed E-state index contributed by atoms with van der Waals surface area (Å²) in [6.07, 6.45) is 3.46. The normalized spacial score (nSPS) is 9.68. The van der Waals surface area contributed by atoms with Crippen LogP contribution in [0.25, 0.3) is 12.2 Å². The van der Waals surface area contributed by atoms with Crippen LogP contribution in [-0.2, 0) is 0 Å². The summed E-state index contributed by atoms with van der Waals surface area (Å²) < 4.78 is 5.27. The number of carbonyl (C=O) groups excluding carboxylic acids is 1. The highest BCUT2D eigenvalue weighted by molar-refractivity contribution is 5.91. The summed E-state index contributed by atoms with van der Waals surface area (Å²) in [6, 6.07) is 14.3. The summed E-state index contributed by atoms with van der Waals surface area (Å²) in [5.74, 6) is 0.144. The van der Waals surface area contributed by atoms with E-state index in [1.165, 1.54) is 0 Å². The second-order valence-electron chi connectivity index (χ2n) is 3.99. The Balaban J connectivity index is 2.10. The highest BCUT2D eigenvalue weighted by Gasteiger charge is 2.07. The SMILES string of the molecule is C=Cc1ccc(OC(=O)c2ccc(C=C)cc2)cc1. The van der Waals surface area contributed by atoms with Gasteiger partial charge >= 0.3 is 5.97 Å². The van der Waals surface area contributed by atoms with Crippen LogP contribution in [0.2, 0.25) is 0 Å². The van der Waals surface area contributed by atoms with Gasteiger partial charge in [0.15, 0.2) is 0 Å². The first-order chi connectivity index (χ1) is 9.22. The quantitative estimate of drug-likeness (QED) is 0.600. The Kier molecular flexibility index (Phi) is 3.94. The maximum absolute atomic E-state index is 11.9. The Bertz CT molecular complexity index is 592. The largest absolute Gasteiger partial charge is 0.423 e. The van der Waals surface area contributed by atoms with Gasteiger partial charge in [0.25, 0.3) is 0 Å². The molecule has 2 heteroatoms. The summed E-state index contributed by atoms with van der Waals surface area (Å²) >= 11 is 0. The van der Waals surface area contributed by atoms with Crippen molar-refractivity contribution < 1.29 is 9.53 Å². The van der Waals surface area contributed by atoms with Crippen molar-refractivity contribution in [3.05, 3.63) is 78.4 Å². The third-order valence-corrected chi connectivity index (χ3v) is 2.71. The van der Waals surface area contributed by atoms with Gasteiger partial charge in [-0.25, -0.2) is 4.79 Å². The fraction of sp³-hybridized carbons (Fsp3) is 0. The fourth-order valence-corrected chi connectivity index (χ4v) is 1.59. The molecule has 2 aromatic carbocycles. The van der Waals surface area contributed by atoms with Gasteiger partial charge in [0, 0.05) is 0 Å². The highest BCUT2D eigenvalue weighted by atomic mass is 16.5. The number of ether oxygens (including phenoxy) is 1. The maximum Gasteiger partial charge on any atom is 0.343 e. The standard InChI is InChI=1S/C17H14O2/c1-3-13-5-9-15(10-6-13)17(18)19-16-11-7-14(4-2)8-12-16/h3-12H,1-2H2. The molecule has 0 aliphatic heterocycles. The minimum absolute atomic E-state index is 0.373. The van der Waals surface area contributed by atoms with Gasteiger partial charge in [-0.1, -0.05) is 49.6 Å². The summed E-state index contributed by atoms with van der Waals surface area (Å²) in [5, 5.41) is 0. The second kappa shape index (κ2) is 5.83. The highest BCUT2D eigenvalue weighted by Crippen LogP contribution is 2.15. The Morgan fingerprint density at radius 3 is 1.79 bits per heavy atom. The summed E-state index contributed by atoms with van der Waals surface area (Å²) in [7, 11) is 0. The Hall–Kier alpha value is -2.61. The molecule has 19 heavy (non-hydrogen) atoms. The van der Waals surface area contributed by atoms with Crippen molar-refractivity contribution in [1.29, 1.82) is 0 Å². The van der Waals surface area contributed by atoms with Crippen LogP contribution in [0.1, 0.15) is 21.5 Å². The van der Waals surface area contributed by atoms with Crippen molar-refractivity contribution in [3.8, 4) is 5.75 Å². The van der Waals surface area contributed by atoms with Gasteiger partial charge in [0.1, 0.15) is 5.75 Å². The average Bonchev–Trinajstić information content (AvgIpc) is 2.48. The summed E-state index contributed by atoms with van der Waals surface area (Å²) in [6.45, 7) is 7.33. The first-order valence-electron chi connectivity index (χ1n) is 5.90. The molecule has 0 aliphatic rings. The first kappa shape index (κ1) is 12.8. The van der Waals surface area contributed by atoms with Gasteiger partial charge in [-0.05, 0) is 35.4 Å². The number of esters is 1. The number of rotatable bonds is 4. The van der Waals surface area contributed by atoms with Crippen molar-refractivity contribution in [2.75, 3.05) is 0 Å². The Labute approximate surface area is 112 Å². The summed E-state index contributed by atoms with van der Waals surface area (Å²) in [5.41, 5.74) is 2.46. The molecule has 0 fully saturated rings. The molecule has 0 heterocycles. The molecule has 0 atom stereocenters. The van der Waals surface area contributed by atoms with Crippen LogP contribution in [0, 0.1) is 0 Å². The Morgan fingerprint density at radius 2 is 1.32 bits per heavy atom. The molecule has 0 radical (unpaired) electrons. The molecule has 0 N–H and O–H groups in total. The van der Waals surface area contributed by atoms with Gasteiger partial charge in [-0.15, -0.1) is 0 Å². The molecule has 2 rings (SSSR count). The van der Waals surface area contributed by atoms with E-state index in [4.69, 9.17) is 4.74 Å². The van der Waals surface area contributed by atoms with Gasteiger partial charge in [-0.3, -0.25) is 0 Å². The zero-order chi connectivity index (χ0) is 13.7. The first-order valence-corrected chi connectivity index (χ1v) is 5.90. The Morgan fingerprint density at radius 1 is 0.842 bits per heavy atom. The molecule has 0 bridgehead atoms. The fourth-order valence-electron chi connectivity index (χ4n) is 1.59. The zero-order valence-electron chi connectivity index (χ0n) is 10.5. The van der Waals surface area contributed by atoms with E-state index in [1.807, 2.05) is 24.3 Å². The van der Waals surface area contributed by atoms with Crippen molar-refractivity contribution in [2.45, 2.75) is 0 Å². The third kappa shape index (κ3) is 3.19. The van der Waals surface area contributed by atoms with Gasteiger partial charge in [0.05, 0.1) is 5.56 Å². The average molecular weight is 250 g/mol. The van der Waals surface area contributed by atoms with E-state index >= 15 is 0 Å². The molecule has 94 valence electrons. The van der Waals surface area contributed by atoms with E-state index in [0.29, 0.717) is 11.3 Å². The maximum atomic E-state index is 11.9. The van der Waals surface area contributed by atoms with E-state index in [2.05, 4.69) is 13.2 Å². The lowest BCUT2D eigenvalue weighted by Crippen LogP contribution is -2.08. The van der Waals surface area contributed by atoms with Crippen LogP contribution >= 0.6 is 0 Å². The van der Waals surface area contributed by atoms with Crippen molar-refractivity contribution in [3.63, 3.8) is 0 Å². The number of carbonyl (C=O) groups is 1. The lowest BCUT2D eigenvalue weighted by Gasteiger charge is -2.05. The van der Waals surface area contributed by atoms with Gasteiger partial charge in [0.2, 0.25) is 0 Å². The van der Waals surface area contributed by atoms with E-state index in [1.54, 1.807) is 36.4 Å². The second-order valence-corrected chi connectivity index (χ2v) is 3.99. The summed E-state index contributed by atoms with van der Waals surface area (Å²) in [4.78, 5) is 11.9. The predicted octanol–water partition coefficient (Wildman–Crippen LogP) is 4.19. The molecule has 0 saturated heterocycles. The molecular formula is C17H14O2. The van der Waals surface area contributed by atoms with Gasteiger partial charge < -0.3 is 4.74 Å². The minimum atomic E-state index is -0.373. The zero-order valence-corrected chi connectivity index (χ0v) is 10.5. The van der Waals surface area contributed by atoms with Crippen molar-refractivity contribution >= 4 is 18.1 Å². The third-order valence-electron chi connectivity index (χ3n) is 2.71. The molecule has 0 saturated carbocycles. The van der Waals surface area contributed by atoms with Crippen LogP contribution in [0.4, 0.5) is 0 Å². The molecule has 2 aromatic rings. The predicted molar refractivity (Wildman–Crippen MR) is 78.0 cm³/mol. The molecule has 0 aliphatic carbocycles. The molecule has 0 unspecified atom stereocenters. The van der Waals surface area contributed by atoms with Crippen LogP contribution < -0.4 is 4.74 Å².